The lowest BCUT2D eigenvalue weighted by molar-refractivity contribution is 0.375. The zero-order chi connectivity index (χ0) is 13.1. The summed E-state index contributed by atoms with van der Waals surface area (Å²) in [7, 11) is -0.462. The van der Waals surface area contributed by atoms with Crippen molar-refractivity contribution in [1.82, 2.24) is 5.32 Å². The summed E-state index contributed by atoms with van der Waals surface area (Å²) in [5.41, 5.74) is 0.645. The molecule has 1 N–H and O–H groups in total. The van der Waals surface area contributed by atoms with Gasteiger partial charge in [-0.15, -0.1) is 0 Å². The molecule has 0 bridgehead atoms. The summed E-state index contributed by atoms with van der Waals surface area (Å²) in [6, 6.07) is 2.85. The van der Waals surface area contributed by atoms with E-state index in [0.717, 1.165) is 6.26 Å². The number of ether oxygens (including phenoxy) is 1. The third kappa shape index (κ3) is 3.17. The summed E-state index contributed by atoms with van der Waals surface area (Å²) in [6.07, 6.45) is 1.54. The Hall–Kier alpha value is -1.14. The normalized spacial score (nSPS) is 11.5. The molecule has 0 aliphatic rings. The molecule has 0 unspecified atom stereocenters. The Kier molecular flexibility index (Phi) is 4.47. The SMILES string of the molecule is CNCCc1ccc(S(C)(=O)=O)c(F)c1OC. The predicted octanol–water partition coefficient (Wildman–Crippen LogP) is 1.000. The molecule has 1 rings (SSSR count). The van der Waals surface area contributed by atoms with Crippen LogP contribution >= 0.6 is 0 Å². The first-order valence-corrected chi connectivity index (χ1v) is 7.01. The number of sulfone groups is 1. The lowest BCUT2D eigenvalue weighted by Gasteiger charge is -2.11. The lowest BCUT2D eigenvalue weighted by atomic mass is 10.1. The van der Waals surface area contributed by atoms with Gasteiger partial charge >= 0.3 is 0 Å². The van der Waals surface area contributed by atoms with Gasteiger partial charge in [0.15, 0.2) is 21.4 Å². The molecule has 6 heteroatoms. The molecule has 0 saturated carbocycles. The van der Waals surface area contributed by atoms with Gasteiger partial charge in [-0.05, 0) is 31.6 Å². The van der Waals surface area contributed by atoms with Crippen molar-refractivity contribution in [1.29, 1.82) is 0 Å². The predicted molar refractivity (Wildman–Crippen MR) is 63.7 cm³/mol. The average Bonchev–Trinajstić information content (AvgIpc) is 2.24. The minimum Gasteiger partial charge on any atom is -0.493 e. The van der Waals surface area contributed by atoms with Gasteiger partial charge in [0, 0.05) is 6.26 Å². The van der Waals surface area contributed by atoms with Crippen molar-refractivity contribution in [3.8, 4) is 5.75 Å². The van der Waals surface area contributed by atoms with E-state index in [1.54, 1.807) is 13.1 Å². The lowest BCUT2D eigenvalue weighted by Crippen LogP contribution is -2.12. The minimum absolute atomic E-state index is 0.00294. The fourth-order valence-electron chi connectivity index (χ4n) is 1.54. The molecule has 0 saturated heterocycles. The number of halogens is 1. The number of methoxy groups -OCH3 is 1. The molecule has 0 heterocycles. The van der Waals surface area contributed by atoms with E-state index in [1.165, 1.54) is 13.2 Å². The Balaban J connectivity index is 3.27. The zero-order valence-electron chi connectivity index (χ0n) is 10.1. The van der Waals surface area contributed by atoms with Crippen molar-refractivity contribution in [2.24, 2.45) is 0 Å². The van der Waals surface area contributed by atoms with Gasteiger partial charge in [0.2, 0.25) is 0 Å². The number of hydrogen-bond acceptors (Lipinski definition) is 4. The van der Waals surface area contributed by atoms with E-state index in [9.17, 15) is 12.8 Å². The highest BCUT2D eigenvalue weighted by molar-refractivity contribution is 7.90. The van der Waals surface area contributed by atoms with Crippen LogP contribution < -0.4 is 10.1 Å². The van der Waals surface area contributed by atoms with Gasteiger partial charge in [-0.1, -0.05) is 6.07 Å². The summed E-state index contributed by atoms with van der Waals surface area (Å²) in [5, 5.41) is 2.94. The number of benzene rings is 1. The molecule has 4 nitrogen and oxygen atoms in total. The standard InChI is InChI=1S/C11H16FNO3S/c1-13-7-6-8-4-5-9(17(3,14)15)10(12)11(8)16-2/h4-5,13H,6-7H2,1-3H3. The molecule has 0 spiro atoms. The van der Waals surface area contributed by atoms with Gasteiger partial charge in [-0.25, -0.2) is 12.8 Å². The van der Waals surface area contributed by atoms with Crippen LogP contribution in [0.5, 0.6) is 5.75 Å². The van der Waals surface area contributed by atoms with Crippen LogP contribution in [0.15, 0.2) is 17.0 Å². The molecule has 1 aromatic carbocycles. The highest BCUT2D eigenvalue weighted by atomic mass is 32.2. The van der Waals surface area contributed by atoms with Crippen LogP contribution in [0.25, 0.3) is 0 Å². The molecular formula is C11H16FNO3S. The van der Waals surface area contributed by atoms with Crippen LogP contribution in [-0.4, -0.2) is 35.4 Å². The van der Waals surface area contributed by atoms with E-state index < -0.39 is 15.7 Å². The van der Waals surface area contributed by atoms with Gasteiger partial charge in [-0.3, -0.25) is 0 Å². The molecule has 17 heavy (non-hydrogen) atoms. The molecule has 0 aliphatic carbocycles. The number of likely N-dealkylation sites (N-methyl/N-ethyl adjacent to an activating group) is 1. The smallest absolute Gasteiger partial charge is 0.183 e. The van der Waals surface area contributed by atoms with Crippen molar-refractivity contribution >= 4 is 9.84 Å². The summed E-state index contributed by atoms with van der Waals surface area (Å²) >= 11 is 0. The van der Waals surface area contributed by atoms with E-state index >= 15 is 0 Å². The monoisotopic (exact) mass is 261 g/mol. The highest BCUT2D eigenvalue weighted by Gasteiger charge is 2.20. The first kappa shape index (κ1) is 13.9. The number of nitrogens with one attached hydrogen (secondary N) is 1. The van der Waals surface area contributed by atoms with Crippen molar-refractivity contribution in [3.05, 3.63) is 23.5 Å². The molecule has 96 valence electrons. The first-order valence-electron chi connectivity index (χ1n) is 5.11. The Morgan fingerprint density at radius 1 is 1.41 bits per heavy atom. The van der Waals surface area contributed by atoms with Crippen molar-refractivity contribution < 1.29 is 17.5 Å². The Bertz CT molecular complexity index is 500. The molecule has 0 atom stereocenters. The molecule has 0 aliphatic heterocycles. The third-order valence-corrected chi connectivity index (χ3v) is 3.51. The first-order chi connectivity index (χ1) is 7.91. The Morgan fingerprint density at radius 3 is 2.53 bits per heavy atom. The minimum atomic E-state index is -3.57. The molecule has 1 aromatic rings. The maximum absolute atomic E-state index is 13.9. The van der Waals surface area contributed by atoms with E-state index in [4.69, 9.17) is 4.74 Å². The third-order valence-electron chi connectivity index (χ3n) is 2.39. The van der Waals surface area contributed by atoms with Crippen LogP contribution in [-0.2, 0) is 16.3 Å². The van der Waals surface area contributed by atoms with E-state index in [1.807, 2.05) is 0 Å². The van der Waals surface area contributed by atoms with Gasteiger partial charge in [0.05, 0.1) is 7.11 Å². The van der Waals surface area contributed by atoms with Crippen molar-refractivity contribution in [3.63, 3.8) is 0 Å². The Morgan fingerprint density at radius 2 is 2.06 bits per heavy atom. The van der Waals surface area contributed by atoms with E-state index in [-0.39, 0.29) is 10.6 Å². The second-order valence-corrected chi connectivity index (χ2v) is 5.68. The molecule has 0 radical (unpaired) electrons. The molecule has 0 amide bonds. The number of rotatable bonds is 5. The summed E-state index contributed by atoms with van der Waals surface area (Å²) < 4.78 is 41.6. The molecule has 0 fully saturated rings. The molecule has 0 aromatic heterocycles. The van der Waals surface area contributed by atoms with Crippen LogP contribution in [0.3, 0.4) is 0 Å². The van der Waals surface area contributed by atoms with Crippen LogP contribution in [0.2, 0.25) is 0 Å². The zero-order valence-corrected chi connectivity index (χ0v) is 10.9. The highest BCUT2D eigenvalue weighted by Crippen LogP contribution is 2.28. The van der Waals surface area contributed by atoms with Crippen molar-refractivity contribution in [2.75, 3.05) is 27.0 Å². The largest absolute Gasteiger partial charge is 0.493 e. The van der Waals surface area contributed by atoms with Gasteiger partial charge in [0.1, 0.15) is 4.90 Å². The second kappa shape index (κ2) is 5.46. The Labute approximate surface area is 101 Å². The van der Waals surface area contributed by atoms with Crippen LogP contribution in [0, 0.1) is 5.82 Å². The van der Waals surface area contributed by atoms with Gasteiger partial charge < -0.3 is 10.1 Å². The van der Waals surface area contributed by atoms with Crippen LogP contribution in [0.1, 0.15) is 5.56 Å². The molecular weight excluding hydrogens is 245 g/mol. The summed E-state index contributed by atoms with van der Waals surface area (Å²) in [6.45, 7) is 0.661. The fraction of sp³-hybridized carbons (Fsp3) is 0.455. The average molecular weight is 261 g/mol. The summed E-state index contributed by atoms with van der Waals surface area (Å²) in [4.78, 5) is -0.331. The quantitative estimate of drug-likeness (QED) is 0.859. The van der Waals surface area contributed by atoms with E-state index in [0.29, 0.717) is 18.5 Å². The topological polar surface area (TPSA) is 55.4 Å². The fourth-order valence-corrected chi connectivity index (χ4v) is 2.28. The number of hydrogen-bond donors (Lipinski definition) is 1. The van der Waals surface area contributed by atoms with Crippen LogP contribution in [0.4, 0.5) is 4.39 Å². The van der Waals surface area contributed by atoms with E-state index in [2.05, 4.69) is 5.32 Å². The second-order valence-electron chi connectivity index (χ2n) is 3.70. The van der Waals surface area contributed by atoms with Gasteiger partial charge in [-0.2, -0.15) is 0 Å². The maximum atomic E-state index is 13.9. The summed E-state index contributed by atoms with van der Waals surface area (Å²) in [5.74, 6) is -0.813. The maximum Gasteiger partial charge on any atom is 0.183 e. The van der Waals surface area contributed by atoms with Crippen molar-refractivity contribution in [2.45, 2.75) is 11.3 Å². The van der Waals surface area contributed by atoms with Gasteiger partial charge in [0.25, 0.3) is 0 Å².